The van der Waals surface area contributed by atoms with E-state index in [-0.39, 0.29) is 6.61 Å². The zero-order valence-corrected chi connectivity index (χ0v) is 12.1. The number of hydrogen-bond acceptors (Lipinski definition) is 6. The predicted molar refractivity (Wildman–Crippen MR) is 73.3 cm³/mol. The predicted octanol–water partition coefficient (Wildman–Crippen LogP) is 0.867. The molecule has 6 nitrogen and oxygen atoms in total. The van der Waals surface area contributed by atoms with Crippen molar-refractivity contribution in [3.8, 4) is 0 Å². The van der Waals surface area contributed by atoms with Crippen LogP contribution in [0.2, 0.25) is 0 Å². The molecule has 1 aliphatic rings. The Bertz CT molecular complexity index is 449. The lowest BCUT2D eigenvalue weighted by atomic mass is 10.1. The molecule has 0 aromatic heterocycles. The SMILES string of the molecule is CO[C@@H]1O[C@H](COC(C)=O)[C@@H](OCc2ccccc2)[C@H]1O. The number of aliphatic hydroxyl groups excluding tert-OH is 1. The van der Waals surface area contributed by atoms with Gasteiger partial charge in [0.25, 0.3) is 0 Å². The molecule has 0 aliphatic carbocycles. The molecule has 116 valence electrons. The third-order valence-electron chi connectivity index (χ3n) is 3.26. The van der Waals surface area contributed by atoms with Crippen molar-refractivity contribution in [3.05, 3.63) is 35.9 Å². The first kappa shape index (κ1) is 15.9. The van der Waals surface area contributed by atoms with Gasteiger partial charge in [-0.3, -0.25) is 4.79 Å². The average Bonchev–Trinajstić information content (AvgIpc) is 2.79. The largest absolute Gasteiger partial charge is 0.463 e. The summed E-state index contributed by atoms with van der Waals surface area (Å²) >= 11 is 0. The minimum atomic E-state index is -0.931. The minimum absolute atomic E-state index is 0.0196. The van der Waals surface area contributed by atoms with Gasteiger partial charge < -0.3 is 24.1 Å². The van der Waals surface area contributed by atoms with Crippen molar-refractivity contribution in [2.45, 2.75) is 38.1 Å². The van der Waals surface area contributed by atoms with Crippen molar-refractivity contribution in [1.82, 2.24) is 0 Å². The van der Waals surface area contributed by atoms with Crippen LogP contribution in [0.25, 0.3) is 0 Å². The van der Waals surface area contributed by atoms with Gasteiger partial charge in [0.1, 0.15) is 24.9 Å². The molecule has 0 spiro atoms. The highest BCUT2D eigenvalue weighted by atomic mass is 16.7. The molecule has 0 saturated carbocycles. The van der Waals surface area contributed by atoms with E-state index in [0.717, 1.165) is 5.56 Å². The number of ether oxygens (including phenoxy) is 4. The normalized spacial score (nSPS) is 28.5. The van der Waals surface area contributed by atoms with E-state index in [1.54, 1.807) is 0 Å². The molecule has 0 amide bonds. The van der Waals surface area contributed by atoms with Crippen LogP contribution < -0.4 is 0 Å². The summed E-state index contributed by atoms with van der Waals surface area (Å²) < 4.78 is 21.2. The van der Waals surface area contributed by atoms with E-state index in [0.29, 0.717) is 6.61 Å². The summed E-state index contributed by atoms with van der Waals surface area (Å²) in [6.45, 7) is 1.67. The Hall–Kier alpha value is -1.47. The van der Waals surface area contributed by atoms with Crippen LogP contribution in [-0.4, -0.2) is 49.4 Å². The van der Waals surface area contributed by atoms with Crippen LogP contribution in [0.5, 0.6) is 0 Å². The number of rotatable bonds is 6. The fraction of sp³-hybridized carbons (Fsp3) is 0.533. The first-order valence-corrected chi connectivity index (χ1v) is 6.77. The van der Waals surface area contributed by atoms with E-state index in [1.807, 2.05) is 30.3 Å². The molecule has 2 rings (SSSR count). The Morgan fingerprint density at radius 1 is 1.33 bits per heavy atom. The van der Waals surface area contributed by atoms with Gasteiger partial charge in [-0.1, -0.05) is 30.3 Å². The maximum atomic E-state index is 10.9. The topological polar surface area (TPSA) is 74.2 Å². The standard InChI is InChI=1S/C15H20O6/c1-10(16)19-9-12-14(13(17)15(18-2)21-12)20-8-11-6-4-3-5-7-11/h3-7,12-15,17H,8-9H2,1-2H3/t12-,13-,14-,15-/m1/s1. The molecule has 1 fully saturated rings. The van der Waals surface area contributed by atoms with Crippen LogP contribution >= 0.6 is 0 Å². The summed E-state index contributed by atoms with van der Waals surface area (Å²) in [6.07, 6.45) is -2.89. The third-order valence-corrected chi connectivity index (χ3v) is 3.26. The molecule has 0 unspecified atom stereocenters. The maximum Gasteiger partial charge on any atom is 0.302 e. The van der Waals surface area contributed by atoms with Gasteiger partial charge >= 0.3 is 5.97 Å². The highest BCUT2D eigenvalue weighted by Crippen LogP contribution is 2.25. The summed E-state index contributed by atoms with van der Waals surface area (Å²) in [7, 11) is 1.44. The Morgan fingerprint density at radius 2 is 2.05 bits per heavy atom. The molecule has 1 heterocycles. The third kappa shape index (κ3) is 4.25. The smallest absolute Gasteiger partial charge is 0.302 e. The molecule has 1 N–H and O–H groups in total. The summed E-state index contributed by atoms with van der Waals surface area (Å²) in [6, 6.07) is 9.60. The fourth-order valence-corrected chi connectivity index (χ4v) is 2.21. The van der Waals surface area contributed by atoms with Gasteiger partial charge in [0.15, 0.2) is 6.29 Å². The molecule has 6 heteroatoms. The van der Waals surface area contributed by atoms with Gasteiger partial charge in [-0.15, -0.1) is 0 Å². The minimum Gasteiger partial charge on any atom is -0.463 e. The lowest BCUT2D eigenvalue weighted by molar-refractivity contribution is -0.164. The van der Waals surface area contributed by atoms with E-state index in [1.165, 1.54) is 14.0 Å². The number of methoxy groups -OCH3 is 1. The molecular weight excluding hydrogens is 276 g/mol. The summed E-state index contributed by atoms with van der Waals surface area (Å²) in [5, 5.41) is 10.1. The van der Waals surface area contributed by atoms with Crippen molar-refractivity contribution in [2.24, 2.45) is 0 Å². The highest BCUT2D eigenvalue weighted by molar-refractivity contribution is 5.65. The van der Waals surface area contributed by atoms with Crippen LogP contribution in [0.3, 0.4) is 0 Å². The Labute approximate surface area is 123 Å². The molecule has 1 aliphatic heterocycles. The first-order chi connectivity index (χ1) is 10.1. The number of carbonyl (C=O) groups excluding carboxylic acids is 1. The molecular formula is C15H20O6. The Kier molecular flexibility index (Phi) is 5.69. The molecule has 21 heavy (non-hydrogen) atoms. The van der Waals surface area contributed by atoms with Crippen LogP contribution in [0.1, 0.15) is 12.5 Å². The van der Waals surface area contributed by atoms with Gasteiger partial charge in [-0.25, -0.2) is 0 Å². The second kappa shape index (κ2) is 7.51. The zero-order valence-electron chi connectivity index (χ0n) is 12.1. The number of esters is 1. The zero-order chi connectivity index (χ0) is 15.2. The Balaban J connectivity index is 1.96. The van der Waals surface area contributed by atoms with Crippen LogP contribution in [0.4, 0.5) is 0 Å². The van der Waals surface area contributed by atoms with E-state index in [9.17, 15) is 9.90 Å². The Morgan fingerprint density at radius 3 is 2.67 bits per heavy atom. The molecule has 1 aromatic rings. The van der Waals surface area contributed by atoms with Crippen molar-refractivity contribution >= 4 is 5.97 Å². The molecule has 0 bridgehead atoms. The van der Waals surface area contributed by atoms with Crippen molar-refractivity contribution in [1.29, 1.82) is 0 Å². The number of benzene rings is 1. The first-order valence-electron chi connectivity index (χ1n) is 6.77. The van der Waals surface area contributed by atoms with Crippen LogP contribution in [0, 0.1) is 0 Å². The van der Waals surface area contributed by atoms with Gasteiger partial charge in [0.05, 0.1) is 6.61 Å². The van der Waals surface area contributed by atoms with E-state index in [2.05, 4.69) is 0 Å². The monoisotopic (exact) mass is 296 g/mol. The summed E-state index contributed by atoms with van der Waals surface area (Å²) in [5.41, 5.74) is 0.983. The van der Waals surface area contributed by atoms with Crippen molar-refractivity contribution in [2.75, 3.05) is 13.7 Å². The van der Waals surface area contributed by atoms with Crippen molar-refractivity contribution in [3.63, 3.8) is 0 Å². The van der Waals surface area contributed by atoms with Crippen LogP contribution in [0.15, 0.2) is 30.3 Å². The molecule has 1 aromatic carbocycles. The van der Waals surface area contributed by atoms with Gasteiger partial charge in [-0.05, 0) is 5.56 Å². The lowest BCUT2D eigenvalue weighted by Crippen LogP contribution is -2.37. The summed E-state index contributed by atoms with van der Waals surface area (Å²) in [4.78, 5) is 10.9. The average molecular weight is 296 g/mol. The quantitative estimate of drug-likeness (QED) is 0.785. The van der Waals surface area contributed by atoms with Crippen molar-refractivity contribution < 1.29 is 28.8 Å². The highest BCUT2D eigenvalue weighted by Gasteiger charge is 2.45. The lowest BCUT2D eigenvalue weighted by Gasteiger charge is -2.20. The molecule has 1 saturated heterocycles. The van der Waals surface area contributed by atoms with Gasteiger partial charge in [0.2, 0.25) is 0 Å². The van der Waals surface area contributed by atoms with E-state index >= 15 is 0 Å². The number of hydrogen-bond donors (Lipinski definition) is 1. The second-order valence-corrected chi connectivity index (χ2v) is 4.83. The molecule has 0 radical (unpaired) electrons. The van der Waals surface area contributed by atoms with Crippen LogP contribution in [-0.2, 0) is 30.3 Å². The van der Waals surface area contributed by atoms with E-state index in [4.69, 9.17) is 18.9 Å². The van der Waals surface area contributed by atoms with Gasteiger partial charge in [0, 0.05) is 14.0 Å². The maximum absolute atomic E-state index is 10.9. The number of carbonyl (C=O) groups is 1. The summed E-state index contributed by atoms with van der Waals surface area (Å²) in [5.74, 6) is -0.407. The van der Waals surface area contributed by atoms with E-state index < -0.39 is 30.6 Å². The number of aliphatic hydroxyl groups is 1. The van der Waals surface area contributed by atoms with Gasteiger partial charge in [-0.2, -0.15) is 0 Å². The molecule has 4 atom stereocenters. The second-order valence-electron chi connectivity index (χ2n) is 4.83. The fourth-order valence-electron chi connectivity index (χ4n) is 2.21.